The molecular weight excluding hydrogens is 417 g/mol. The zero-order valence-corrected chi connectivity index (χ0v) is 16.2. The van der Waals surface area contributed by atoms with Gasteiger partial charge in [-0.1, -0.05) is 6.07 Å². The van der Waals surface area contributed by atoms with Crippen molar-refractivity contribution in [3.63, 3.8) is 0 Å². The number of hydrogen-bond acceptors (Lipinski definition) is 3. The van der Waals surface area contributed by atoms with Gasteiger partial charge in [0.05, 0.1) is 10.6 Å². The molecular formula is C21H15F3N2O3S. The third-order valence-electron chi connectivity index (χ3n) is 4.78. The van der Waals surface area contributed by atoms with Crippen LogP contribution in [0, 0.1) is 17.5 Å². The Kier molecular flexibility index (Phi) is 4.98. The van der Waals surface area contributed by atoms with Crippen LogP contribution in [0.5, 0.6) is 0 Å². The first kappa shape index (κ1) is 20.0. The third kappa shape index (κ3) is 3.52. The normalized spacial score (nSPS) is 13.2. The molecule has 1 amide bonds. The Balaban J connectivity index is 1.60. The Labute approximate surface area is 170 Å². The van der Waals surface area contributed by atoms with Gasteiger partial charge in [-0.3, -0.25) is 9.10 Å². The molecule has 1 N–H and O–H groups in total. The Morgan fingerprint density at radius 2 is 1.60 bits per heavy atom. The summed E-state index contributed by atoms with van der Waals surface area (Å²) in [5.74, 6) is -3.45. The van der Waals surface area contributed by atoms with E-state index in [4.69, 9.17) is 0 Å². The highest BCUT2D eigenvalue weighted by molar-refractivity contribution is 7.92. The van der Waals surface area contributed by atoms with E-state index in [1.807, 2.05) is 0 Å². The Morgan fingerprint density at radius 3 is 2.27 bits per heavy atom. The van der Waals surface area contributed by atoms with Crippen molar-refractivity contribution in [1.82, 2.24) is 0 Å². The predicted molar refractivity (Wildman–Crippen MR) is 105 cm³/mol. The fourth-order valence-electron chi connectivity index (χ4n) is 3.34. The molecule has 3 aromatic carbocycles. The molecule has 0 spiro atoms. The van der Waals surface area contributed by atoms with Crippen molar-refractivity contribution in [2.45, 2.75) is 11.3 Å². The Bertz CT molecular complexity index is 1220. The van der Waals surface area contributed by atoms with Crippen LogP contribution in [-0.2, 0) is 16.4 Å². The van der Waals surface area contributed by atoms with Crippen LogP contribution in [0.4, 0.5) is 24.5 Å². The van der Waals surface area contributed by atoms with Crippen molar-refractivity contribution in [2.75, 3.05) is 16.2 Å². The molecule has 0 aromatic heterocycles. The monoisotopic (exact) mass is 432 g/mol. The first-order chi connectivity index (χ1) is 14.3. The lowest BCUT2D eigenvalue weighted by Gasteiger charge is -2.20. The van der Waals surface area contributed by atoms with E-state index in [9.17, 15) is 26.4 Å². The van der Waals surface area contributed by atoms with Crippen LogP contribution in [0.25, 0.3) is 0 Å². The molecule has 0 fully saturated rings. The van der Waals surface area contributed by atoms with Crippen LogP contribution in [0.2, 0.25) is 0 Å². The van der Waals surface area contributed by atoms with Gasteiger partial charge in [0, 0.05) is 12.2 Å². The summed E-state index contributed by atoms with van der Waals surface area (Å²) in [6.45, 7) is 0.175. The van der Waals surface area contributed by atoms with E-state index >= 15 is 0 Å². The van der Waals surface area contributed by atoms with E-state index in [1.165, 1.54) is 28.6 Å². The lowest BCUT2D eigenvalue weighted by molar-refractivity contribution is 0.101. The van der Waals surface area contributed by atoms with Crippen molar-refractivity contribution < 1.29 is 26.4 Å². The molecule has 0 radical (unpaired) electrons. The van der Waals surface area contributed by atoms with Gasteiger partial charge in [0.1, 0.15) is 23.0 Å². The van der Waals surface area contributed by atoms with Crippen molar-refractivity contribution >= 4 is 27.3 Å². The summed E-state index contributed by atoms with van der Waals surface area (Å²) in [4.78, 5) is 12.2. The van der Waals surface area contributed by atoms with Gasteiger partial charge in [-0.2, -0.15) is 0 Å². The van der Waals surface area contributed by atoms with Gasteiger partial charge in [-0.15, -0.1) is 0 Å². The van der Waals surface area contributed by atoms with Gasteiger partial charge in [-0.05, 0) is 66.6 Å². The minimum atomic E-state index is -3.88. The summed E-state index contributed by atoms with van der Waals surface area (Å²) in [6.07, 6.45) is 0.382. The average Bonchev–Trinajstić information content (AvgIpc) is 3.12. The highest BCUT2D eigenvalue weighted by atomic mass is 32.2. The molecule has 30 heavy (non-hydrogen) atoms. The van der Waals surface area contributed by atoms with Crippen molar-refractivity contribution in [2.24, 2.45) is 0 Å². The van der Waals surface area contributed by atoms with Gasteiger partial charge >= 0.3 is 0 Å². The lowest BCUT2D eigenvalue weighted by Crippen LogP contribution is -2.29. The molecule has 154 valence electrons. The Morgan fingerprint density at radius 1 is 0.933 bits per heavy atom. The van der Waals surface area contributed by atoms with Crippen LogP contribution in [0.15, 0.2) is 65.6 Å². The number of fused-ring (bicyclic) bond motifs is 1. The Hall–Kier alpha value is -3.33. The number of rotatable bonds is 4. The number of nitrogens with zero attached hydrogens (tertiary/aromatic N) is 1. The standard InChI is InChI=1S/C21H15F3N2O3S/c22-14-4-7-16(8-5-14)30(28,29)26-11-10-13-12-15(6-9-19(13)26)25-21(27)20-17(23)2-1-3-18(20)24/h1-9,12H,10-11H2,(H,25,27). The fraction of sp³-hybridized carbons (Fsp3) is 0.0952. The molecule has 9 heteroatoms. The summed E-state index contributed by atoms with van der Waals surface area (Å²) in [7, 11) is -3.88. The number of amides is 1. The minimum Gasteiger partial charge on any atom is -0.322 e. The molecule has 0 bridgehead atoms. The topological polar surface area (TPSA) is 66.5 Å². The molecule has 4 rings (SSSR count). The summed E-state index contributed by atoms with van der Waals surface area (Å²) in [6, 6.07) is 12.2. The molecule has 1 aliphatic heterocycles. The summed E-state index contributed by atoms with van der Waals surface area (Å²) in [5, 5.41) is 2.43. The van der Waals surface area contributed by atoms with Crippen molar-refractivity contribution in [3.05, 3.63) is 89.2 Å². The van der Waals surface area contributed by atoms with Crippen LogP contribution in [0.1, 0.15) is 15.9 Å². The number of nitrogens with one attached hydrogen (secondary N) is 1. The largest absolute Gasteiger partial charge is 0.322 e. The molecule has 0 saturated heterocycles. The predicted octanol–water partition coefficient (Wildman–Crippen LogP) is 4.11. The minimum absolute atomic E-state index is 0.0378. The first-order valence-electron chi connectivity index (χ1n) is 8.94. The van der Waals surface area contributed by atoms with E-state index < -0.39 is 38.9 Å². The smallest absolute Gasteiger partial charge is 0.264 e. The number of anilines is 2. The molecule has 3 aromatic rings. The molecule has 0 unspecified atom stereocenters. The van der Waals surface area contributed by atoms with Gasteiger partial charge in [-0.25, -0.2) is 21.6 Å². The number of sulfonamides is 1. The molecule has 1 aliphatic rings. The molecule has 5 nitrogen and oxygen atoms in total. The number of carbonyl (C=O) groups is 1. The van der Waals surface area contributed by atoms with Crippen LogP contribution < -0.4 is 9.62 Å². The van der Waals surface area contributed by atoms with Crippen molar-refractivity contribution in [3.8, 4) is 0 Å². The van der Waals surface area contributed by atoms with Crippen molar-refractivity contribution in [1.29, 1.82) is 0 Å². The number of halogens is 3. The number of hydrogen-bond donors (Lipinski definition) is 1. The highest BCUT2D eigenvalue weighted by Gasteiger charge is 2.31. The second-order valence-electron chi connectivity index (χ2n) is 6.68. The zero-order chi connectivity index (χ0) is 21.5. The van der Waals surface area contributed by atoms with E-state index in [0.29, 0.717) is 17.7 Å². The summed E-state index contributed by atoms with van der Waals surface area (Å²) >= 11 is 0. The van der Waals surface area contributed by atoms with Gasteiger partial charge in [0.15, 0.2) is 0 Å². The zero-order valence-electron chi connectivity index (χ0n) is 15.4. The maximum Gasteiger partial charge on any atom is 0.264 e. The summed E-state index contributed by atoms with van der Waals surface area (Å²) in [5.41, 5.74) is 0.655. The first-order valence-corrected chi connectivity index (χ1v) is 10.4. The summed E-state index contributed by atoms with van der Waals surface area (Å²) < 4.78 is 67.7. The van der Waals surface area contributed by atoms with Crippen LogP contribution in [-0.4, -0.2) is 20.9 Å². The number of benzene rings is 3. The van der Waals surface area contributed by atoms with E-state index in [0.717, 1.165) is 30.3 Å². The molecule has 0 atom stereocenters. The van der Waals surface area contributed by atoms with Crippen LogP contribution in [0.3, 0.4) is 0 Å². The fourth-order valence-corrected chi connectivity index (χ4v) is 4.84. The lowest BCUT2D eigenvalue weighted by atomic mass is 10.1. The second kappa shape index (κ2) is 7.49. The highest BCUT2D eigenvalue weighted by Crippen LogP contribution is 2.35. The SMILES string of the molecule is O=C(Nc1ccc2c(c1)CCN2S(=O)(=O)c1ccc(F)cc1)c1c(F)cccc1F. The molecule has 1 heterocycles. The van der Waals surface area contributed by atoms with Gasteiger partial charge in [0.2, 0.25) is 0 Å². The number of carbonyl (C=O) groups excluding carboxylic acids is 1. The second-order valence-corrected chi connectivity index (χ2v) is 8.54. The quantitative estimate of drug-likeness (QED) is 0.675. The third-order valence-corrected chi connectivity index (χ3v) is 6.61. The molecule has 0 saturated carbocycles. The van der Waals surface area contributed by atoms with E-state index in [-0.39, 0.29) is 17.1 Å². The van der Waals surface area contributed by atoms with Crippen LogP contribution >= 0.6 is 0 Å². The van der Waals surface area contributed by atoms with E-state index in [2.05, 4.69) is 5.32 Å². The van der Waals surface area contributed by atoms with E-state index in [1.54, 1.807) is 6.07 Å². The maximum atomic E-state index is 13.8. The average molecular weight is 432 g/mol. The van der Waals surface area contributed by atoms with Gasteiger partial charge in [0.25, 0.3) is 15.9 Å². The molecule has 0 aliphatic carbocycles. The maximum absolute atomic E-state index is 13.8. The van der Waals surface area contributed by atoms with Gasteiger partial charge < -0.3 is 5.32 Å².